The van der Waals surface area contributed by atoms with Gasteiger partial charge >= 0.3 is 12.4 Å². The number of hydrogen-bond donors (Lipinski definition) is 1. The zero-order valence-corrected chi connectivity index (χ0v) is 13.7. The molecule has 0 saturated carbocycles. The van der Waals surface area contributed by atoms with Gasteiger partial charge in [-0.3, -0.25) is 4.79 Å². The van der Waals surface area contributed by atoms with Crippen molar-refractivity contribution in [2.45, 2.75) is 31.9 Å². The van der Waals surface area contributed by atoms with Crippen molar-refractivity contribution in [1.29, 1.82) is 0 Å². The zero-order valence-electron chi connectivity index (χ0n) is 13.7. The number of aromatic nitrogens is 2. The molecule has 2 aromatic rings. The third-order valence-corrected chi connectivity index (χ3v) is 4.19. The fourth-order valence-electron chi connectivity index (χ4n) is 3.05. The molecular weight excluding hydrogens is 378 g/mol. The van der Waals surface area contributed by atoms with E-state index in [4.69, 9.17) is 5.73 Å². The van der Waals surface area contributed by atoms with E-state index in [2.05, 4.69) is 5.10 Å². The maximum atomic E-state index is 13.2. The number of rotatable bonds is 3. The molecule has 0 spiro atoms. The Bertz CT molecular complexity index is 854. The van der Waals surface area contributed by atoms with Crippen molar-refractivity contribution in [3.05, 3.63) is 46.6 Å². The molecule has 2 heterocycles. The summed E-state index contributed by atoms with van der Waals surface area (Å²) in [6, 6.07) is 4.28. The second kappa shape index (κ2) is 6.46. The van der Waals surface area contributed by atoms with E-state index in [0.717, 1.165) is 16.8 Å². The topological polar surface area (TPSA) is 64.2 Å². The first-order valence-electron chi connectivity index (χ1n) is 7.87. The largest absolute Gasteiger partial charge is 0.436 e. The van der Waals surface area contributed by atoms with Crippen molar-refractivity contribution in [2.75, 3.05) is 11.4 Å². The summed E-state index contributed by atoms with van der Waals surface area (Å²) in [6.45, 7) is 0.501. The lowest BCUT2D eigenvalue weighted by Gasteiger charge is -2.30. The molecule has 1 amide bonds. The van der Waals surface area contributed by atoms with E-state index < -0.39 is 35.1 Å². The molecule has 11 heteroatoms. The third-order valence-electron chi connectivity index (χ3n) is 4.19. The predicted octanol–water partition coefficient (Wildman–Crippen LogP) is 3.43. The van der Waals surface area contributed by atoms with Gasteiger partial charge in [0, 0.05) is 19.6 Å². The molecule has 1 aromatic carbocycles. The van der Waals surface area contributed by atoms with Crippen LogP contribution in [0.4, 0.5) is 32.2 Å². The van der Waals surface area contributed by atoms with Crippen LogP contribution in [-0.4, -0.2) is 22.2 Å². The van der Waals surface area contributed by atoms with Gasteiger partial charge in [0.25, 0.3) is 5.91 Å². The van der Waals surface area contributed by atoms with Crippen LogP contribution < -0.4 is 10.6 Å². The van der Waals surface area contributed by atoms with Gasteiger partial charge in [-0.25, -0.2) is 4.68 Å². The van der Waals surface area contributed by atoms with Crippen LogP contribution in [0, 0.1) is 0 Å². The number of carbonyl (C=O) groups excluding carboxylic acids is 1. The van der Waals surface area contributed by atoms with Crippen LogP contribution in [0.3, 0.4) is 0 Å². The number of aryl methyl sites for hydroxylation is 1. The van der Waals surface area contributed by atoms with Crippen LogP contribution in [0.1, 0.15) is 33.6 Å². The molecule has 0 unspecified atom stereocenters. The van der Waals surface area contributed by atoms with Gasteiger partial charge in [0.2, 0.25) is 0 Å². The molecule has 0 aliphatic carbocycles. The SMILES string of the molecule is NC(=O)c1c(C(F)(F)F)nn2c1N(Cc1ccc(C(F)(F)F)cc1)CCC2. The number of carbonyl (C=O) groups is 1. The lowest BCUT2D eigenvalue weighted by atomic mass is 10.1. The Balaban J connectivity index is 1.97. The van der Waals surface area contributed by atoms with Gasteiger partial charge in [-0.15, -0.1) is 0 Å². The highest BCUT2D eigenvalue weighted by atomic mass is 19.4. The molecule has 27 heavy (non-hydrogen) atoms. The first kappa shape index (κ1) is 19.1. The van der Waals surface area contributed by atoms with Gasteiger partial charge in [-0.05, 0) is 24.1 Å². The van der Waals surface area contributed by atoms with Crippen LogP contribution >= 0.6 is 0 Å². The zero-order chi connectivity index (χ0) is 20.0. The summed E-state index contributed by atoms with van der Waals surface area (Å²) < 4.78 is 78.6. The summed E-state index contributed by atoms with van der Waals surface area (Å²) in [4.78, 5) is 13.1. The molecule has 3 rings (SSSR count). The van der Waals surface area contributed by atoms with Crippen molar-refractivity contribution in [3.63, 3.8) is 0 Å². The molecule has 2 N–H and O–H groups in total. The van der Waals surface area contributed by atoms with Crippen LogP contribution in [-0.2, 0) is 25.4 Å². The lowest BCUT2D eigenvalue weighted by Crippen LogP contribution is -2.33. The molecule has 0 radical (unpaired) electrons. The molecule has 1 aliphatic heterocycles. The highest BCUT2D eigenvalue weighted by molar-refractivity contribution is 5.99. The van der Waals surface area contributed by atoms with Crippen molar-refractivity contribution in [2.24, 2.45) is 5.73 Å². The van der Waals surface area contributed by atoms with Gasteiger partial charge in [0.1, 0.15) is 11.4 Å². The minimum Gasteiger partial charge on any atom is -0.365 e. The minimum atomic E-state index is -4.85. The Hall–Kier alpha value is -2.72. The number of halogens is 6. The smallest absolute Gasteiger partial charge is 0.365 e. The number of amides is 1. The monoisotopic (exact) mass is 392 g/mol. The van der Waals surface area contributed by atoms with E-state index in [9.17, 15) is 31.1 Å². The molecule has 0 atom stereocenters. The average Bonchev–Trinajstić information content (AvgIpc) is 2.95. The van der Waals surface area contributed by atoms with Crippen LogP contribution in [0.25, 0.3) is 0 Å². The lowest BCUT2D eigenvalue weighted by molar-refractivity contribution is -0.141. The number of nitrogens with zero attached hydrogens (tertiary/aromatic N) is 3. The highest BCUT2D eigenvalue weighted by Gasteiger charge is 2.42. The summed E-state index contributed by atoms with van der Waals surface area (Å²) in [5.74, 6) is -1.33. The number of fused-ring (bicyclic) bond motifs is 1. The van der Waals surface area contributed by atoms with Gasteiger partial charge in [-0.1, -0.05) is 12.1 Å². The number of benzene rings is 1. The number of hydrogen-bond acceptors (Lipinski definition) is 3. The molecule has 1 aromatic heterocycles. The summed E-state index contributed by atoms with van der Waals surface area (Å²) in [5, 5.41) is 3.48. The van der Waals surface area contributed by atoms with E-state index in [0.29, 0.717) is 18.5 Å². The summed E-state index contributed by atoms with van der Waals surface area (Å²) in [5.41, 5.74) is 2.69. The van der Waals surface area contributed by atoms with Crippen LogP contribution in [0.2, 0.25) is 0 Å². The minimum absolute atomic E-state index is 0.0153. The van der Waals surface area contributed by atoms with E-state index in [1.165, 1.54) is 17.0 Å². The Morgan fingerprint density at radius 2 is 1.67 bits per heavy atom. The highest BCUT2D eigenvalue weighted by Crippen LogP contribution is 2.38. The molecule has 0 bridgehead atoms. The summed E-state index contributed by atoms with van der Waals surface area (Å²) >= 11 is 0. The maximum absolute atomic E-state index is 13.2. The van der Waals surface area contributed by atoms with Crippen molar-refractivity contribution in [1.82, 2.24) is 9.78 Å². The first-order valence-corrected chi connectivity index (χ1v) is 7.87. The summed E-state index contributed by atoms with van der Waals surface area (Å²) in [7, 11) is 0. The number of alkyl halides is 6. The molecular formula is C16H14F6N4O. The molecule has 0 fully saturated rings. The predicted molar refractivity (Wildman–Crippen MR) is 82.9 cm³/mol. The fourth-order valence-corrected chi connectivity index (χ4v) is 3.05. The van der Waals surface area contributed by atoms with E-state index in [1.807, 2.05) is 0 Å². The van der Waals surface area contributed by atoms with Crippen LogP contribution in [0.15, 0.2) is 24.3 Å². The third kappa shape index (κ3) is 3.71. The first-order chi connectivity index (χ1) is 12.5. The van der Waals surface area contributed by atoms with Crippen molar-refractivity contribution in [3.8, 4) is 0 Å². The average molecular weight is 392 g/mol. The number of nitrogens with two attached hydrogens (primary N) is 1. The van der Waals surface area contributed by atoms with E-state index >= 15 is 0 Å². The van der Waals surface area contributed by atoms with Gasteiger partial charge in [-0.2, -0.15) is 31.4 Å². The number of primary amides is 1. The second-order valence-corrected chi connectivity index (χ2v) is 6.10. The van der Waals surface area contributed by atoms with E-state index in [1.54, 1.807) is 0 Å². The van der Waals surface area contributed by atoms with E-state index in [-0.39, 0.29) is 18.9 Å². The Kier molecular flexibility index (Phi) is 4.56. The number of anilines is 1. The van der Waals surface area contributed by atoms with Gasteiger partial charge < -0.3 is 10.6 Å². The quantitative estimate of drug-likeness (QED) is 0.814. The molecule has 1 aliphatic rings. The molecule has 146 valence electrons. The van der Waals surface area contributed by atoms with Crippen molar-refractivity contribution >= 4 is 11.7 Å². The Morgan fingerprint density at radius 1 is 1.04 bits per heavy atom. The van der Waals surface area contributed by atoms with Gasteiger partial charge in [0.05, 0.1) is 5.56 Å². The van der Waals surface area contributed by atoms with Gasteiger partial charge in [0.15, 0.2) is 5.69 Å². The maximum Gasteiger partial charge on any atom is 0.436 e. The Labute approximate surface area is 149 Å². The van der Waals surface area contributed by atoms with Crippen molar-refractivity contribution < 1.29 is 31.1 Å². The Morgan fingerprint density at radius 3 is 2.19 bits per heavy atom. The second-order valence-electron chi connectivity index (χ2n) is 6.10. The summed E-state index contributed by atoms with van der Waals surface area (Å²) in [6.07, 6.45) is -8.87. The molecule has 0 saturated heterocycles. The molecule has 5 nitrogen and oxygen atoms in total. The normalized spacial score (nSPS) is 15.0. The van der Waals surface area contributed by atoms with Crippen LogP contribution in [0.5, 0.6) is 0 Å². The fraction of sp³-hybridized carbons (Fsp3) is 0.375. The standard InChI is InChI=1S/C16H14F6N4O/c17-15(18,19)10-4-2-9(3-5-10)8-25-6-1-7-26-14(25)11(13(23)27)12(24-26)16(20,21)22/h2-5H,1,6-8H2,(H2,23,27).